The Hall–Kier alpha value is -4.27. The lowest BCUT2D eigenvalue weighted by Crippen LogP contribution is -2.29. The molecule has 3 aromatic carbocycles. The third kappa shape index (κ3) is 4.77. The fourth-order valence-corrected chi connectivity index (χ4v) is 4.14. The molecule has 1 heterocycles. The van der Waals surface area contributed by atoms with Crippen LogP contribution in [0.25, 0.3) is 5.76 Å². The molecule has 0 saturated carbocycles. The molecule has 186 valence electrons. The Morgan fingerprint density at radius 3 is 2.11 bits per heavy atom. The first-order chi connectivity index (χ1) is 17.0. The number of methoxy groups -OCH3 is 1. The van der Waals surface area contributed by atoms with E-state index in [0.717, 1.165) is 22.6 Å². The summed E-state index contributed by atoms with van der Waals surface area (Å²) in [6.45, 7) is 3.60. The monoisotopic (exact) mass is 497 g/mol. The molecule has 1 aliphatic heterocycles. The standard InChI is InChI=1S/C27H22F3NO5/c1-15-4-5-16(2)21(14-15)24(32)22-23(17-6-10-19(35-3)11-7-17)31(26(34)25(22)33)18-8-12-20(13-9-18)36-27(28,29)30/h4-14,23,32H,1-3H3/b24-22+. The quantitative estimate of drug-likeness (QED) is 0.272. The molecule has 0 radical (unpaired) electrons. The van der Waals surface area contributed by atoms with E-state index in [4.69, 9.17) is 4.74 Å². The number of hydrogen-bond donors (Lipinski definition) is 1. The van der Waals surface area contributed by atoms with Gasteiger partial charge in [-0.25, -0.2) is 0 Å². The Morgan fingerprint density at radius 2 is 1.53 bits per heavy atom. The minimum Gasteiger partial charge on any atom is -0.507 e. The summed E-state index contributed by atoms with van der Waals surface area (Å²) < 4.78 is 46.9. The first-order valence-electron chi connectivity index (χ1n) is 10.9. The van der Waals surface area contributed by atoms with E-state index in [-0.39, 0.29) is 17.0 Å². The summed E-state index contributed by atoms with van der Waals surface area (Å²) in [4.78, 5) is 27.6. The van der Waals surface area contributed by atoms with E-state index in [1.54, 1.807) is 43.3 Å². The van der Waals surface area contributed by atoms with Crippen LogP contribution in [0.15, 0.2) is 72.3 Å². The predicted octanol–water partition coefficient (Wildman–Crippen LogP) is 5.84. The molecular formula is C27H22F3NO5. The molecule has 1 saturated heterocycles. The summed E-state index contributed by atoms with van der Waals surface area (Å²) in [5.74, 6) is -2.11. The molecular weight excluding hydrogens is 475 g/mol. The maximum atomic E-state index is 13.3. The van der Waals surface area contributed by atoms with Gasteiger partial charge < -0.3 is 14.6 Å². The second kappa shape index (κ2) is 9.41. The van der Waals surface area contributed by atoms with Crippen LogP contribution in [0.1, 0.15) is 28.3 Å². The van der Waals surface area contributed by atoms with Crippen molar-refractivity contribution in [3.63, 3.8) is 0 Å². The van der Waals surface area contributed by atoms with Crippen molar-refractivity contribution in [3.8, 4) is 11.5 Å². The van der Waals surface area contributed by atoms with Gasteiger partial charge in [-0.3, -0.25) is 14.5 Å². The van der Waals surface area contributed by atoms with Crippen molar-refractivity contribution >= 4 is 23.1 Å². The molecule has 0 aromatic heterocycles. The van der Waals surface area contributed by atoms with Crippen molar-refractivity contribution in [2.45, 2.75) is 26.3 Å². The number of amides is 1. The molecule has 3 aromatic rings. The van der Waals surface area contributed by atoms with Gasteiger partial charge in [-0.15, -0.1) is 13.2 Å². The zero-order valence-corrected chi connectivity index (χ0v) is 19.6. The first kappa shape index (κ1) is 24.8. The summed E-state index contributed by atoms with van der Waals surface area (Å²) in [7, 11) is 1.49. The van der Waals surface area contributed by atoms with Crippen LogP contribution in [0.3, 0.4) is 0 Å². The molecule has 1 atom stereocenters. The highest BCUT2D eigenvalue weighted by Gasteiger charge is 2.47. The zero-order chi connectivity index (χ0) is 26.2. The molecule has 1 fully saturated rings. The number of aryl methyl sites for hydroxylation is 2. The Bertz CT molecular complexity index is 1350. The lowest BCUT2D eigenvalue weighted by Gasteiger charge is -2.26. The average Bonchev–Trinajstić information content (AvgIpc) is 3.10. The molecule has 4 rings (SSSR count). The van der Waals surface area contributed by atoms with Crippen molar-refractivity contribution < 1.29 is 37.3 Å². The number of rotatable bonds is 5. The highest BCUT2D eigenvalue weighted by atomic mass is 19.4. The predicted molar refractivity (Wildman–Crippen MR) is 127 cm³/mol. The molecule has 1 unspecified atom stereocenters. The first-order valence-corrected chi connectivity index (χ1v) is 10.9. The summed E-state index contributed by atoms with van der Waals surface area (Å²) in [5.41, 5.74) is 2.48. The minimum atomic E-state index is -4.88. The molecule has 1 aliphatic rings. The van der Waals surface area contributed by atoms with Gasteiger partial charge in [0.05, 0.1) is 18.7 Å². The number of carbonyl (C=O) groups excluding carboxylic acids is 2. The van der Waals surface area contributed by atoms with E-state index in [1.165, 1.54) is 19.2 Å². The second-order valence-corrected chi connectivity index (χ2v) is 8.30. The highest BCUT2D eigenvalue weighted by molar-refractivity contribution is 6.51. The summed E-state index contributed by atoms with van der Waals surface area (Å²) in [6.07, 6.45) is -4.88. The highest BCUT2D eigenvalue weighted by Crippen LogP contribution is 2.43. The van der Waals surface area contributed by atoms with Crippen molar-refractivity contribution in [2.24, 2.45) is 0 Å². The van der Waals surface area contributed by atoms with E-state index >= 15 is 0 Å². The van der Waals surface area contributed by atoms with Crippen LogP contribution in [0.2, 0.25) is 0 Å². The molecule has 36 heavy (non-hydrogen) atoms. The van der Waals surface area contributed by atoms with Gasteiger partial charge in [0.15, 0.2) is 0 Å². The summed E-state index contributed by atoms with van der Waals surface area (Å²) in [6, 6.07) is 15.5. The number of Topliss-reactive ketones (excluding diaryl/α,β-unsaturated/α-hetero) is 1. The lowest BCUT2D eigenvalue weighted by molar-refractivity contribution is -0.274. The normalized spacial score (nSPS) is 17.4. The van der Waals surface area contributed by atoms with Crippen LogP contribution >= 0.6 is 0 Å². The van der Waals surface area contributed by atoms with Crippen LogP contribution in [0.4, 0.5) is 18.9 Å². The third-order valence-electron chi connectivity index (χ3n) is 5.87. The van der Waals surface area contributed by atoms with Gasteiger partial charge >= 0.3 is 6.36 Å². The number of carbonyl (C=O) groups is 2. The largest absolute Gasteiger partial charge is 0.573 e. The lowest BCUT2D eigenvalue weighted by atomic mass is 9.93. The number of nitrogens with zero attached hydrogens (tertiary/aromatic N) is 1. The smallest absolute Gasteiger partial charge is 0.507 e. The third-order valence-corrected chi connectivity index (χ3v) is 5.87. The molecule has 0 spiro atoms. The number of anilines is 1. The fraction of sp³-hybridized carbons (Fsp3) is 0.185. The number of benzene rings is 3. The maximum Gasteiger partial charge on any atom is 0.573 e. The number of alkyl halides is 3. The van der Waals surface area contributed by atoms with Crippen molar-refractivity contribution in [1.82, 2.24) is 0 Å². The van der Waals surface area contributed by atoms with Gasteiger partial charge in [0.25, 0.3) is 11.7 Å². The fourth-order valence-electron chi connectivity index (χ4n) is 4.14. The zero-order valence-electron chi connectivity index (χ0n) is 19.6. The molecule has 6 nitrogen and oxygen atoms in total. The number of ether oxygens (including phenoxy) is 2. The second-order valence-electron chi connectivity index (χ2n) is 8.30. The number of aliphatic hydroxyl groups is 1. The molecule has 1 amide bonds. The van der Waals surface area contributed by atoms with Gasteiger partial charge in [0.2, 0.25) is 0 Å². The van der Waals surface area contributed by atoms with E-state index in [1.807, 2.05) is 13.0 Å². The van der Waals surface area contributed by atoms with Crippen molar-refractivity contribution in [1.29, 1.82) is 0 Å². The number of hydrogen-bond acceptors (Lipinski definition) is 5. The van der Waals surface area contributed by atoms with E-state index < -0.39 is 29.8 Å². The Kier molecular flexibility index (Phi) is 6.49. The van der Waals surface area contributed by atoms with Crippen molar-refractivity contribution in [3.05, 3.63) is 94.6 Å². The van der Waals surface area contributed by atoms with E-state index in [0.29, 0.717) is 22.4 Å². The van der Waals surface area contributed by atoms with E-state index in [9.17, 15) is 27.9 Å². The van der Waals surface area contributed by atoms with Crippen molar-refractivity contribution in [2.75, 3.05) is 12.0 Å². The number of ketones is 1. The van der Waals surface area contributed by atoms with Crippen LogP contribution in [0, 0.1) is 13.8 Å². The summed E-state index contributed by atoms with van der Waals surface area (Å²) in [5, 5.41) is 11.3. The summed E-state index contributed by atoms with van der Waals surface area (Å²) >= 11 is 0. The SMILES string of the molecule is COc1ccc(C2/C(=C(\O)c3cc(C)ccc3C)C(=O)C(=O)N2c2ccc(OC(F)(F)F)cc2)cc1. The van der Waals surface area contributed by atoms with Crippen LogP contribution < -0.4 is 14.4 Å². The number of aliphatic hydroxyl groups excluding tert-OH is 1. The molecule has 0 bridgehead atoms. The van der Waals surface area contributed by atoms with Crippen LogP contribution in [0.5, 0.6) is 11.5 Å². The van der Waals surface area contributed by atoms with E-state index in [2.05, 4.69) is 4.74 Å². The maximum absolute atomic E-state index is 13.3. The van der Waals surface area contributed by atoms with Gasteiger partial charge in [-0.05, 0) is 67.4 Å². The Labute approximate surface area is 205 Å². The Morgan fingerprint density at radius 1 is 0.917 bits per heavy atom. The number of halogens is 3. The van der Waals surface area contributed by atoms with Crippen LogP contribution in [-0.4, -0.2) is 30.3 Å². The van der Waals surface area contributed by atoms with Gasteiger partial charge in [-0.2, -0.15) is 0 Å². The van der Waals surface area contributed by atoms with Gasteiger partial charge in [0.1, 0.15) is 17.3 Å². The Balaban J connectivity index is 1.88. The molecule has 0 aliphatic carbocycles. The average molecular weight is 497 g/mol. The molecule has 1 N–H and O–H groups in total. The minimum absolute atomic E-state index is 0.130. The van der Waals surface area contributed by atoms with Gasteiger partial charge in [0, 0.05) is 11.3 Å². The topological polar surface area (TPSA) is 76.1 Å². The molecule has 9 heteroatoms. The van der Waals surface area contributed by atoms with Gasteiger partial charge in [-0.1, -0.05) is 29.8 Å². The van der Waals surface area contributed by atoms with Crippen LogP contribution in [-0.2, 0) is 9.59 Å².